The van der Waals surface area contributed by atoms with Gasteiger partial charge in [-0.3, -0.25) is 10.1 Å². The molecular formula is C9H6Cl2N4O2. The van der Waals surface area contributed by atoms with Gasteiger partial charge in [-0.25, -0.2) is 4.68 Å². The molecule has 0 saturated heterocycles. The summed E-state index contributed by atoms with van der Waals surface area (Å²) in [4.78, 5) is 10.4. The minimum Gasteiger partial charge on any atom is -0.258 e. The van der Waals surface area contributed by atoms with Gasteiger partial charge < -0.3 is 0 Å². The lowest BCUT2D eigenvalue weighted by Gasteiger charge is -2.05. The zero-order valence-electron chi connectivity index (χ0n) is 8.59. The van der Waals surface area contributed by atoms with Crippen LogP contribution in [0.5, 0.6) is 0 Å². The molecule has 88 valence electrons. The van der Waals surface area contributed by atoms with Crippen molar-refractivity contribution in [3.05, 3.63) is 44.2 Å². The molecule has 1 aromatic carbocycles. The van der Waals surface area contributed by atoms with Crippen LogP contribution in [-0.2, 0) is 0 Å². The van der Waals surface area contributed by atoms with Gasteiger partial charge in [0, 0.05) is 6.07 Å². The van der Waals surface area contributed by atoms with E-state index >= 15 is 0 Å². The molecule has 0 spiro atoms. The number of hydrogen-bond donors (Lipinski definition) is 0. The van der Waals surface area contributed by atoms with Gasteiger partial charge in [-0.15, -0.1) is 5.10 Å². The summed E-state index contributed by atoms with van der Waals surface area (Å²) in [6.45, 7) is 1.73. The van der Waals surface area contributed by atoms with Gasteiger partial charge in [0.05, 0.1) is 26.9 Å². The third kappa shape index (κ3) is 2.09. The fourth-order valence-electron chi connectivity index (χ4n) is 1.37. The lowest BCUT2D eigenvalue weighted by molar-refractivity contribution is -0.384. The number of rotatable bonds is 2. The van der Waals surface area contributed by atoms with E-state index in [2.05, 4.69) is 10.3 Å². The lowest BCUT2D eigenvalue weighted by atomic mass is 10.2. The monoisotopic (exact) mass is 272 g/mol. The molecule has 0 bridgehead atoms. The van der Waals surface area contributed by atoms with Crippen molar-refractivity contribution in [3.8, 4) is 5.69 Å². The van der Waals surface area contributed by atoms with E-state index in [-0.39, 0.29) is 21.4 Å². The van der Waals surface area contributed by atoms with E-state index in [9.17, 15) is 10.1 Å². The van der Waals surface area contributed by atoms with Gasteiger partial charge in [-0.2, -0.15) is 0 Å². The molecule has 1 aromatic heterocycles. The van der Waals surface area contributed by atoms with Gasteiger partial charge >= 0.3 is 0 Å². The molecule has 0 saturated carbocycles. The Hall–Kier alpha value is -1.66. The van der Waals surface area contributed by atoms with Crippen LogP contribution in [0.25, 0.3) is 5.69 Å². The second kappa shape index (κ2) is 4.31. The topological polar surface area (TPSA) is 73.8 Å². The van der Waals surface area contributed by atoms with Crippen LogP contribution in [-0.4, -0.2) is 19.9 Å². The number of hydrogen-bond acceptors (Lipinski definition) is 4. The summed E-state index contributed by atoms with van der Waals surface area (Å²) < 4.78 is 1.33. The van der Waals surface area contributed by atoms with E-state index in [1.807, 2.05) is 0 Å². The maximum Gasteiger partial charge on any atom is 0.296 e. The van der Waals surface area contributed by atoms with Gasteiger partial charge in [-0.05, 0) is 13.0 Å². The van der Waals surface area contributed by atoms with Crippen molar-refractivity contribution in [2.24, 2.45) is 0 Å². The largest absolute Gasteiger partial charge is 0.296 e. The molecule has 17 heavy (non-hydrogen) atoms. The highest BCUT2D eigenvalue weighted by molar-refractivity contribution is 6.42. The van der Waals surface area contributed by atoms with E-state index in [4.69, 9.17) is 23.2 Å². The number of aryl methyl sites for hydroxylation is 1. The number of halogens is 2. The second-order valence-electron chi connectivity index (χ2n) is 3.30. The molecule has 0 fully saturated rings. The van der Waals surface area contributed by atoms with Crippen molar-refractivity contribution in [1.29, 1.82) is 0 Å². The number of aromatic nitrogens is 3. The molecule has 0 aliphatic rings. The highest BCUT2D eigenvalue weighted by atomic mass is 35.5. The molecule has 0 unspecified atom stereocenters. The van der Waals surface area contributed by atoms with Crippen LogP contribution in [0.2, 0.25) is 10.0 Å². The van der Waals surface area contributed by atoms with Crippen LogP contribution >= 0.6 is 23.2 Å². The highest BCUT2D eigenvalue weighted by Crippen LogP contribution is 2.32. The van der Waals surface area contributed by atoms with Crippen molar-refractivity contribution < 1.29 is 4.92 Å². The SMILES string of the molecule is Cc1cnnn1-c1cc(Cl)c(Cl)cc1[N+](=O)[O-]. The number of nitro benzene ring substituents is 1. The van der Waals surface area contributed by atoms with E-state index in [0.717, 1.165) is 0 Å². The predicted molar refractivity (Wildman–Crippen MR) is 62.8 cm³/mol. The summed E-state index contributed by atoms with van der Waals surface area (Å²) in [5.74, 6) is 0. The smallest absolute Gasteiger partial charge is 0.258 e. The standard InChI is InChI=1S/C9H6Cl2N4O2/c1-5-4-12-13-14(5)8-2-6(10)7(11)3-9(8)15(16)17/h2-4H,1H3. The van der Waals surface area contributed by atoms with Gasteiger partial charge in [-0.1, -0.05) is 28.4 Å². The number of nitro groups is 1. The molecule has 0 atom stereocenters. The second-order valence-corrected chi connectivity index (χ2v) is 4.11. The maximum atomic E-state index is 10.9. The lowest BCUT2D eigenvalue weighted by Crippen LogP contribution is -2.03. The van der Waals surface area contributed by atoms with Crippen molar-refractivity contribution in [3.63, 3.8) is 0 Å². The molecule has 0 N–H and O–H groups in total. The Kier molecular flexibility index (Phi) is 2.99. The van der Waals surface area contributed by atoms with E-state index in [1.165, 1.54) is 23.0 Å². The summed E-state index contributed by atoms with van der Waals surface area (Å²) in [5, 5.41) is 18.7. The zero-order chi connectivity index (χ0) is 12.6. The van der Waals surface area contributed by atoms with Crippen LogP contribution in [0.1, 0.15) is 5.69 Å². The fraction of sp³-hybridized carbons (Fsp3) is 0.111. The average Bonchev–Trinajstić information content (AvgIpc) is 2.67. The normalized spacial score (nSPS) is 10.5. The summed E-state index contributed by atoms with van der Waals surface area (Å²) in [7, 11) is 0. The number of benzene rings is 1. The van der Waals surface area contributed by atoms with E-state index in [0.29, 0.717) is 5.69 Å². The Morgan fingerprint density at radius 2 is 2.00 bits per heavy atom. The number of nitrogens with zero attached hydrogens (tertiary/aromatic N) is 4. The first-order chi connectivity index (χ1) is 8.00. The molecule has 2 rings (SSSR count). The average molecular weight is 273 g/mol. The van der Waals surface area contributed by atoms with Crippen molar-refractivity contribution in [1.82, 2.24) is 15.0 Å². The molecule has 0 radical (unpaired) electrons. The molecule has 0 amide bonds. The summed E-state index contributed by atoms with van der Waals surface area (Å²) >= 11 is 11.6. The zero-order valence-corrected chi connectivity index (χ0v) is 10.1. The molecule has 8 heteroatoms. The van der Waals surface area contributed by atoms with E-state index in [1.54, 1.807) is 6.92 Å². The quantitative estimate of drug-likeness (QED) is 0.622. The first-order valence-electron chi connectivity index (χ1n) is 4.52. The summed E-state index contributed by atoms with van der Waals surface area (Å²) in [6.07, 6.45) is 1.49. The van der Waals surface area contributed by atoms with Crippen molar-refractivity contribution in [2.45, 2.75) is 6.92 Å². The van der Waals surface area contributed by atoms with E-state index < -0.39 is 4.92 Å². The fourth-order valence-corrected chi connectivity index (χ4v) is 1.68. The molecule has 0 aliphatic heterocycles. The summed E-state index contributed by atoms with van der Waals surface area (Å²) in [5.41, 5.74) is 0.721. The van der Waals surface area contributed by atoms with Crippen LogP contribution in [0, 0.1) is 17.0 Å². The maximum absolute atomic E-state index is 10.9. The summed E-state index contributed by atoms with van der Waals surface area (Å²) in [6, 6.07) is 2.59. The Morgan fingerprint density at radius 3 is 2.53 bits per heavy atom. The Bertz CT molecular complexity index is 597. The Morgan fingerprint density at radius 1 is 1.35 bits per heavy atom. The van der Waals surface area contributed by atoms with Gasteiger partial charge in [0.1, 0.15) is 5.69 Å². The molecule has 2 aromatic rings. The van der Waals surface area contributed by atoms with Gasteiger partial charge in [0.25, 0.3) is 5.69 Å². The van der Waals surface area contributed by atoms with Crippen LogP contribution in [0.4, 0.5) is 5.69 Å². The van der Waals surface area contributed by atoms with Gasteiger partial charge in [0.15, 0.2) is 0 Å². The van der Waals surface area contributed by atoms with Crippen LogP contribution in [0.15, 0.2) is 18.3 Å². The highest BCUT2D eigenvalue weighted by Gasteiger charge is 2.20. The molecular weight excluding hydrogens is 267 g/mol. The first-order valence-corrected chi connectivity index (χ1v) is 5.27. The predicted octanol–water partition coefficient (Wildman–Crippen LogP) is 2.79. The minimum atomic E-state index is -0.543. The van der Waals surface area contributed by atoms with Crippen molar-refractivity contribution >= 4 is 28.9 Å². The third-order valence-electron chi connectivity index (χ3n) is 2.16. The Labute approximate surface area is 106 Å². The molecule has 6 nitrogen and oxygen atoms in total. The van der Waals surface area contributed by atoms with Crippen LogP contribution < -0.4 is 0 Å². The minimum absolute atomic E-state index is 0.125. The Balaban J connectivity index is 2.72. The molecule has 0 aliphatic carbocycles. The van der Waals surface area contributed by atoms with Crippen LogP contribution in [0.3, 0.4) is 0 Å². The van der Waals surface area contributed by atoms with Gasteiger partial charge in [0.2, 0.25) is 0 Å². The molecule has 1 heterocycles. The van der Waals surface area contributed by atoms with Crippen molar-refractivity contribution in [2.75, 3.05) is 0 Å². The first kappa shape index (κ1) is 11.8. The third-order valence-corrected chi connectivity index (χ3v) is 2.88.